The monoisotopic (exact) mass is 417 g/mol. The van der Waals surface area contributed by atoms with Crippen LogP contribution in [-0.2, 0) is 4.79 Å². The SMILES string of the molecule is CC(C)NC(=O)NCC1C(C)C[C@H]2[C@@H]3CCC4N(C)C(=O)CC[C@]4(C)[C@@H]3CC[C@]12C. The number of piperidine rings is 1. The first-order valence-electron chi connectivity index (χ1n) is 12.4. The molecule has 30 heavy (non-hydrogen) atoms. The van der Waals surface area contributed by atoms with Crippen molar-refractivity contribution >= 4 is 11.9 Å². The number of urea groups is 1. The molecule has 0 radical (unpaired) electrons. The van der Waals surface area contributed by atoms with Crippen molar-refractivity contribution in [1.29, 1.82) is 0 Å². The van der Waals surface area contributed by atoms with Gasteiger partial charge in [-0.15, -0.1) is 0 Å². The summed E-state index contributed by atoms with van der Waals surface area (Å²) in [7, 11) is 2.04. The van der Waals surface area contributed by atoms with Crippen LogP contribution in [0.25, 0.3) is 0 Å². The van der Waals surface area contributed by atoms with Crippen LogP contribution in [-0.4, -0.2) is 42.5 Å². The van der Waals surface area contributed by atoms with Gasteiger partial charge in [0.1, 0.15) is 0 Å². The Kier molecular flexibility index (Phi) is 5.64. The molecule has 4 aliphatic rings. The fourth-order valence-electron chi connectivity index (χ4n) is 8.57. The first-order valence-corrected chi connectivity index (χ1v) is 12.4. The van der Waals surface area contributed by atoms with E-state index in [0.29, 0.717) is 29.2 Å². The van der Waals surface area contributed by atoms with Gasteiger partial charge in [0.2, 0.25) is 5.91 Å². The molecular weight excluding hydrogens is 374 g/mol. The van der Waals surface area contributed by atoms with Crippen molar-refractivity contribution in [1.82, 2.24) is 15.5 Å². The fourth-order valence-corrected chi connectivity index (χ4v) is 8.57. The Hall–Kier alpha value is -1.26. The highest BCUT2D eigenvalue weighted by Crippen LogP contribution is 2.67. The Morgan fingerprint density at radius 3 is 2.57 bits per heavy atom. The zero-order valence-corrected chi connectivity index (χ0v) is 20.0. The van der Waals surface area contributed by atoms with Crippen LogP contribution in [0.15, 0.2) is 0 Å². The highest BCUT2D eigenvalue weighted by molar-refractivity contribution is 5.77. The summed E-state index contributed by atoms with van der Waals surface area (Å²) in [6, 6.07) is 0.572. The first kappa shape index (κ1) is 22.0. The minimum atomic E-state index is -0.0270. The van der Waals surface area contributed by atoms with Crippen molar-refractivity contribution in [3.63, 3.8) is 0 Å². The second-order valence-electron chi connectivity index (χ2n) is 11.9. The van der Waals surface area contributed by atoms with Crippen LogP contribution in [0.3, 0.4) is 0 Å². The smallest absolute Gasteiger partial charge is 0.314 e. The van der Waals surface area contributed by atoms with E-state index in [-0.39, 0.29) is 17.5 Å². The molecule has 0 aromatic heterocycles. The molecule has 3 amide bonds. The van der Waals surface area contributed by atoms with Gasteiger partial charge in [0.15, 0.2) is 0 Å². The molecule has 3 aliphatic carbocycles. The van der Waals surface area contributed by atoms with Gasteiger partial charge >= 0.3 is 6.03 Å². The van der Waals surface area contributed by atoms with Crippen molar-refractivity contribution in [2.45, 2.75) is 91.6 Å². The molecular formula is C25H43N3O2. The molecule has 3 saturated carbocycles. The molecule has 0 spiro atoms. The van der Waals surface area contributed by atoms with Crippen LogP contribution in [0.4, 0.5) is 4.79 Å². The van der Waals surface area contributed by atoms with Gasteiger partial charge in [0.05, 0.1) is 0 Å². The van der Waals surface area contributed by atoms with Crippen molar-refractivity contribution in [2.75, 3.05) is 13.6 Å². The maximum absolute atomic E-state index is 12.4. The minimum absolute atomic E-state index is 0.0270. The second-order valence-corrected chi connectivity index (χ2v) is 11.9. The summed E-state index contributed by atoms with van der Waals surface area (Å²) in [4.78, 5) is 26.7. The summed E-state index contributed by atoms with van der Waals surface area (Å²) < 4.78 is 0. The molecule has 170 valence electrons. The standard InChI is InChI=1S/C25H43N3O2/c1-15(2)27-23(30)26-14-20-16(3)13-19-17-7-8-21-25(5,12-10-22(29)28(21)6)18(17)9-11-24(19,20)4/h15-21H,7-14H2,1-6H3,(H2,26,27,30)/t16?,17-,18-,19+,20?,21?,24+,25-/m1/s1. The quantitative estimate of drug-likeness (QED) is 0.714. The predicted molar refractivity (Wildman–Crippen MR) is 120 cm³/mol. The van der Waals surface area contributed by atoms with Crippen molar-refractivity contribution in [3.8, 4) is 0 Å². The predicted octanol–water partition coefficient (Wildman–Crippen LogP) is 4.42. The number of fused-ring (bicyclic) bond motifs is 5. The number of carbonyl (C=O) groups excluding carboxylic acids is 2. The number of amides is 3. The van der Waals surface area contributed by atoms with Gasteiger partial charge < -0.3 is 15.5 Å². The van der Waals surface area contributed by atoms with Gasteiger partial charge in [-0.25, -0.2) is 4.79 Å². The minimum Gasteiger partial charge on any atom is -0.342 e. The van der Waals surface area contributed by atoms with Crippen molar-refractivity contribution in [3.05, 3.63) is 0 Å². The summed E-state index contributed by atoms with van der Waals surface area (Å²) in [5, 5.41) is 6.16. The highest BCUT2D eigenvalue weighted by Gasteiger charge is 2.62. The average molecular weight is 418 g/mol. The number of carbonyl (C=O) groups is 2. The summed E-state index contributed by atoms with van der Waals surface area (Å²) in [6.07, 6.45) is 8.08. The molecule has 0 aromatic carbocycles. The molecule has 1 aliphatic heterocycles. The van der Waals surface area contributed by atoms with E-state index in [1.54, 1.807) is 0 Å². The van der Waals surface area contributed by atoms with E-state index in [4.69, 9.17) is 0 Å². The first-order chi connectivity index (χ1) is 14.1. The van der Waals surface area contributed by atoms with Gasteiger partial charge in [0.25, 0.3) is 0 Å². The molecule has 3 unspecified atom stereocenters. The number of nitrogens with zero attached hydrogens (tertiary/aromatic N) is 1. The highest BCUT2D eigenvalue weighted by atomic mass is 16.2. The Bertz CT molecular complexity index is 694. The summed E-state index contributed by atoms with van der Waals surface area (Å²) >= 11 is 0. The lowest BCUT2D eigenvalue weighted by molar-refractivity contribution is -0.158. The molecule has 5 nitrogen and oxygen atoms in total. The van der Waals surface area contributed by atoms with E-state index in [1.807, 2.05) is 20.9 Å². The zero-order chi connectivity index (χ0) is 21.8. The third-order valence-electron chi connectivity index (χ3n) is 10.1. The maximum Gasteiger partial charge on any atom is 0.314 e. The largest absolute Gasteiger partial charge is 0.342 e. The Morgan fingerprint density at radius 2 is 1.87 bits per heavy atom. The van der Waals surface area contributed by atoms with Gasteiger partial charge in [-0.2, -0.15) is 0 Å². The van der Waals surface area contributed by atoms with Gasteiger partial charge in [-0.3, -0.25) is 4.79 Å². The van der Waals surface area contributed by atoms with Gasteiger partial charge in [-0.1, -0.05) is 20.8 Å². The van der Waals surface area contributed by atoms with Crippen LogP contribution in [0.5, 0.6) is 0 Å². The lowest BCUT2D eigenvalue weighted by atomic mass is 9.47. The summed E-state index contributed by atoms with van der Waals surface area (Å²) in [5.41, 5.74) is 0.606. The Labute approximate surface area is 183 Å². The molecule has 8 atom stereocenters. The van der Waals surface area contributed by atoms with Crippen LogP contribution in [0.2, 0.25) is 0 Å². The fraction of sp³-hybridized carbons (Fsp3) is 0.920. The Balaban J connectivity index is 1.50. The third kappa shape index (κ3) is 3.35. The second kappa shape index (κ2) is 7.70. The average Bonchev–Trinajstić information content (AvgIpc) is 2.93. The number of likely N-dealkylation sites (tertiary alicyclic amines) is 1. The molecule has 0 aromatic rings. The van der Waals surface area contributed by atoms with Gasteiger partial charge in [0, 0.05) is 32.1 Å². The van der Waals surface area contributed by atoms with E-state index in [2.05, 4.69) is 36.3 Å². The van der Waals surface area contributed by atoms with Gasteiger partial charge in [-0.05, 0) is 92.8 Å². The molecule has 5 heteroatoms. The normalized spacial score (nSPS) is 45.6. The number of hydrogen-bond acceptors (Lipinski definition) is 2. The summed E-state index contributed by atoms with van der Waals surface area (Å²) in [6.45, 7) is 12.2. The molecule has 1 saturated heterocycles. The molecule has 2 N–H and O–H groups in total. The lowest BCUT2D eigenvalue weighted by Crippen LogP contribution is -2.61. The molecule has 0 bridgehead atoms. The maximum atomic E-state index is 12.4. The van der Waals surface area contributed by atoms with E-state index < -0.39 is 0 Å². The third-order valence-corrected chi connectivity index (χ3v) is 10.1. The van der Waals surface area contributed by atoms with Crippen molar-refractivity contribution in [2.24, 2.45) is 40.4 Å². The summed E-state index contributed by atoms with van der Waals surface area (Å²) in [5.74, 6) is 3.84. The molecule has 4 fully saturated rings. The van der Waals surface area contributed by atoms with E-state index in [9.17, 15) is 9.59 Å². The van der Waals surface area contributed by atoms with Crippen molar-refractivity contribution < 1.29 is 9.59 Å². The number of hydrogen-bond donors (Lipinski definition) is 2. The zero-order valence-electron chi connectivity index (χ0n) is 20.0. The van der Waals surface area contributed by atoms with E-state index in [1.165, 1.54) is 32.1 Å². The number of rotatable bonds is 3. The van der Waals surface area contributed by atoms with E-state index >= 15 is 0 Å². The molecule has 1 heterocycles. The van der Waals surface area contributed by atoms with Crippen LogP contribution in [0.1, 0.15) is 79.6 Å². The van der Waals surface area contributed by atoms with E-state index in [0.717, 1.165) is 37.1 Å². The van der Waals surface area contributed by atoms with Crippen LogP contribution >= 0.6 is 0 Å². The Morgan fingerprint density at radius 1 is 1.13 bits per heavy atom. The lowest BCUT2D eigenvalue weighted by Gasteiger charge is -2.61. The molecule has 4 rings (SSSR count). The topological polar surface area (TPSA) is 61.4 Å². The van der Waals surface area contributed by atoms with Crippen LogP contribution in [0, 0.1) is 40.4 Å². The number of nitrogens with one attached hydrogen (secondary N) is 2. The van der Waals surface area contributed by atoms with Crippen LogP contribution < -0.4 is 10.6 Å².